The van der Waals surface area contributed by atoms with Gasteiger partial charge in [0.1, 0.15) is 6.10 Å². The summed E-state index contributed by atoms with van der Waals surface area (Å²) in [7, 11) is 0. The van der Waals surface area contributed by atoms with Crippen LogP contribution in [0.15, 0.2) is 23.8 Å². The maximum absolute atomic E-state index is 11.5. The highest BCUT2D eigenvalue weighted by Crippen LogP contribution is 2.43. The molecule has 7 atom stereocenters. The molecule has 1 heterocycles. The number of rotatable bonds is 3. The number of carbonyl (C=O) groups excluding carboxylic acids is 1. The molecule has 23 heavy (non-hydrogen) atoms. The number of fused-ring (bicyclic) bond motifs is 1. The van der Waals surface area contributed by atoms with Crippen LogP contribution in [0.4, 0.5) is 0 Å². The van der Waals surface area contributed by atoms with Gasteiger partial charge in [0.2, 0.25) is 0 Å². The number of esters is 1. The van der Waals surface area contributed by atoms with Gasteiger partial charge in [-0.3, -0.25) is 4.79 Å². The fourth-order valence-electron chi connectivity index (χ4n) is 4.55. The SMILES string of the molecule is C[C@H]1C=C2C=C[C@H](C)[C@H](CCC3C[C@@H](O)CC(=O)O3)[C@H]2[C@@H](O)C1. The first-order chi connectivity index (χ1) is 10.9. The van der Waals surface area contributed by atoms with Crippen molar-refractivity contribution in [2.75, 3.05) is 0 Å². The first-order valence-electron chi connectivity index (χ1n) is 8.89. The van der Waals surface area contributed by atoms with Crippen molar-refractivity contribution < 1.29 is 19.7 Å². The van der Waals surface area contributed by atoms with Crippen LogP contribution >= 0.6 is 0 Å². The minimum atomic E-state index is -0.568. The second-order valence-corrected chi connectivity index (χ2v) is 7.64. The van der Waals surface area contributed by atoms with E-state index < -0.39 is 6.10 Å². The molecule has 0 aromatic rings. The van der Waals surface area contributed by atoms with Crippen molar-refractivity contribution in [3.8, 4) is 0 Å². The zero-order valence-corrected chi connectivity index (χ0v) is 14.0. The third-order valence-corrected chi connectivity index (χ3v) is 5.68. The van der Waals surface area contributed by atoms with Crippen LogP contribution in [0, 0.1) is 23.7 Å². The van der Waals surface area contributed by atoms with E-state index in [4.69, 9.17) is 4.74 Å². The number of ether oxygens (including phenoxy) is 1. The molecule has 1 fully saturated rings. The number of allylic oxidation sites excluding steroid dienone is 3. The Balaban J connectivity index is 1.67. The van der Waals surface area contributed by atoms with E-state index >= 15 is 0 Å². The van der Waals surface area contributed by atoms with Gasteiger partial charge in [0.05, 0.1) is 18.6 Å². The van der Waals surface area contributed by atoms with Crippen molar-refractivity contribution in [2.24, 2.45) is 23.7 Å². The molecule has 0 aromatic heterocycles. The fraction of sp³-hybridized carbons (Fsp3) is 0.737. The lowest BCUT2D eigenvalue weighted by Gasteiger charge is -2.42. The third kappa shape index (κ3) is 3.69. The number of hydrogen-bond acceptors (Lipinski definition) is 4. The van der Waals surface area contributed by atoms with Crippen LogP contribution < -0.4 is 0 Å². The zero-order valence-electron chi connectivity index (χ0n) is 14.0. The topological polar surface area (TPSA) is 66.8 Å². The molecule has 2 N–H and O–H groups in total. The lowest BCUT2D eigenvalue weighted by molar-refractivity contribution is -0.160. The number of hydrogen-bond donors (Lipinski definition) is 2. The van der Waals surface area contributed by atoms with Crippen molar-refractivity contribution in [3.05, 3.63) is 23.8 Å². The molecule has 0 spiro atoms. The summed E-state index contributed by atoms with van der Waals surface area (Å²) in [6.45, 7) is 4.35. The highest BCUT2D eigenvalue weighted by Gasteiger charge is 2.39. The number of aliphatic hydroxyl groups excluding tert-OH is 2. The Hall–Kier alpha value is -1.13. The van der Waals surface area contributed by atoms with Crippen molar-refractivity contribution in [1.29, 1.82) is 0 Å². The molecule has 1 saturated heterocycles. The summed E-state index contributed by atoms with van der Waals surface area (Å²) in [5.41, 5.74) is 1.26. The van der Waals surface area contributed by atoms with E-state index in [1.165, 1.54) is 5.57 Å². The summed E-state index contributed by atoms with van der Waals surface area (Å²) in [6.07, 6.45) is 8.80. The lowest BCUT2D eigenvalue weighted by Crippen LogP contribution is -2.39. The molecule has 2 aliphatic carbocycles. The van der Waals surface area contributed by atoms with Gasteiger partial charge in [-0.2, -0.15) is 0 Å². The van der Waals surface area contributed by atoms with Crippen molar-refractivity contribution in [3.63, 3.8) is 0 Å². The molecule has 0 radical (unpaired) electrons. The highest BCUT2D eigenvalue weighted by atomic mass is 16.5. The van der Waals surface area contributed by atoms with Crippen LogP contribution in [0.5, 0.6) is 0 Å². The minimum Gasteiger partial charge on any atom is -0.462 e. The molecule has 3 aliphatic rings. The van der Waals surface area contributed by atoms with Crippen molar-refractivity contribution in [2.45, 2.75) is 64.3 Å². The Labute approximate surface area is 138 Å². The largest absolute Gasteiger partial charge is 0.462 e. The molecule has 128 valence electrons. The van der Waals surface area contributed by atoms with Crippen molar-refractivity contribution >= 4 is 5.97 Å². The quantitative estimate of drug-likeness (QED) is 0.785. The molecule has 4 heteroatoms. The first-order valence-corrected chi connectivity index (χ1v) is 8.89. The van der Waals surface area contributed by atoms with Gasteiger partial charge in [-0.25, -0.2) is 0 Å². The zero-order chi connectivity index (χ0) is 16.6. The molecule has 0 aromatic carbocycles. The van der Waals surface area contributed by atoms with Gasteiger partial charge in [0, 0.05) is 12.3 Å². The van der Waals surface area contributed by atoms with Crippen LogP contribution in [0.25, 0.3) is 0 Å². The Morgan fingerprint density at radius 3 is 2.74 bits per heavy atom. The fourth-order valence-corrected chi connectivity index (χ4v) is 4.55. The smallest absolute Gasteiger partial charge is 0.308 e. The molecular formula is C19H28O4. The molecule has 1 unspecified atom stereocenters. The standard InChI is InChI=1S/C19H28O4/c1-11-7-13-4-3-12(2)16(19(13)17(21)8-11)6-5-15-9-14(20)10-18(22)23-15/h3-4,7,11-12,14-17,19-21H,5-6,8-10H2,1-2H3/t11-,12-,14+,15?,16-,17-,19-/m0/s1. The van der Waals surface area contributed by atoms with Crippen LogP contribution in [0.2, 0.25) is 0 Å². The molecule has 0 amide bonds. The van der Waals surface area contributed by atoms with E-state index in [9.17, 15) is 15.0 Å². The van der Waals surface area contributed by atoms with Crippen LogP contribution in [-0.2, 0) is 9.53 Å². The average molecular weight is 320 g/mol. The maximum atomic E-state index is 11.5. The summed E-state index contributed by atoms with van der Waals surface area (Å²) in [5, 5.41) is 20.3. The lowest BCUT2D eigenvalue weighted by atomic mass is 9.65. The van der Waals surface area contributed by atoms with E-state index in [0.717, 1.165) is 19.3 Å². The maximum Gasteiger partial charge on any atom is 0.308 e. The van der Waals surface area contributed by atoms with Crippen LogP contribution in [0.1, 0.15) is 46.0 Å². The van der Waals surface area contributed by atoms with E-state index in [1.54, 1.807) is 0 Å². The molecule has 1 aliphatic heterocycles. The van der Waals surface area contributed by atoms with E-state index in [2.05, 4.69) is 32.1 Å². The average Bonchev–Trinajstić information content (AvgIpc) is 2.45. The van der Waals surface area contributed by atoms with E-state index in [-0.39, 0.29) is 30.5 Å². The van der Waals surface area contributed by atoms with Crippen LogP contribution in [0.3, 0.4) is 0 Å². The Morgan fingerprint density at radius 1 is 1.22 bits per heavy atom. The second-order valence-electron chi connectivity index (χ2n) is 7.64. The van der Waals surface area contributed by atoms with Gasteiger partial charge >= 0.3 is 5.97 Å². The van der Waals surface area contributed by atoms with E-state index in [0.29, 0.717) is 24.2 Å². The third-order valence-electron chi connectivity index (χ3n) is 5.68. The van der Waals surface area contributed by atoms with E-state index in [1.807, 2.05) is 0 Å². The summed E-state index contributed by atoms with van der Waals surface area (Å²) in [4.78, 5) is 11.5. The van der Waals surface area contributed by atoms with Gasteiger partial charge in [0.25, 0.3) is 0 Å². The normalized spacial score (nSPS) is 43.6. The Kier molecular flexibility index (Phi) is 4.93. The summed E-state index contributed by atoms with van der Waals surface area (Å²) in [6, 6.07) is 0. The predicted molar refractivity (Wildman–Crippen MR) is 87.5 cm³/mol. The summed E-state index contributed by atoms with van der Waals surface area (Å²) < 4.78 is 5.37. The van der Waals surface area contributed by atoms with Crippen molar-refractivity contribution in [1.82, 2.24) is 0 Å². The van der Waals surface area contributed by atoms with Gasteiger partial charge < -0.3 is 14.9 Å². The summed E-state index contributed by atoms with van der Waals surface area (Å²) >= 11 is 0. The molecule has 0 saturated carbocycles. The highest BCUT2D eigenvalue weighted by molar-refractivity contribution is 5.70. The van der Waals surface area contributed by atoms with Crippen LogP contribution in [-0.4, -0.2) is 34.5 Å². The van der Waals surface area contributed by atoms with Gasteiger partial charge in [-0.05, 0) is 42.6 Å². The Morgan fingerprint density at radius 2 is 2.00 bits per heavy atom. The number of aliphatic hydroxyl groups is 2. The summed E-state index contributed by atoms with van der Waals surface area (Å²) in [5.74, 6) is 1.09. The molecule has 0 bridgehead atoms. The number of cyclic esters (lactones) is 1. The molecular weight excluding hydrogens is 292 g/mol. The molecule has 4 nitrogen and oxygen atoms in total. The van der Waals surface area contributed by atoms with Gasteiger partial charge in [0.15, 0.2) is 0 Å². The monoisotopic (exact) mass is 320 g/mol. The predicted octanol–water partition coefficient (Wildman–Crippen LogP) is 2.60. The molecule has 3 rings (SSSR count). The second kappa shape index (κ2) is 6.78. The first kappa shape index (κ1) is 16.7. The Bertz CT molecular complexity index is 509. The number of carbonyl (C=O) groups is 1. The van der Waals surface area contributed by atoms with Gasteiger partial charge in [-0.1, -0.05) is 32.1 Å². The minimum absolute atomic E-state index is 0.116. The van der Waals surface area contributed by atoms with Gasteiger partial charge in [-0.15, -0.1) is 0 Å².